The van der Waals surface area contributed by atoms with E-state index in [1.807, 2.05) is 0 Å². The molecule has 1 saturated carbocycles. The molecule has 2 rings (SSSR count). The molecule has 92 valence electrons. The summed E-state index contributed by atoms with van der Waals surface area (Å²) >= 11 is 5.78. The molecule has 1 N–H and O–H groups in total. The van der Waals surface area contributed by atoms with Crippen molar-refractivity contribution in [1.82, 2.24) is 0 Å². The number of nitrogens with one attached hydrogen (secondary N) is 1. The quantitative estimate of drug-likeness (QED) is 0.871. The number of carbonyl (C=O) groups excluding carboxylic acids is 1. The Kier molecular flexibility index (Phi) is 3.84. The third-order valence-electron chi connectivity index (χ3n) is 2.74. The fourth-order valence-electron chi connectivity index (χ4n) is 1.89. The molecule has 1 aliphatic rings. The molecule has 0 aromatic heterocycles. The lowest BCUT2D eigenvalue weighted by atomic mass is 10.3. The predicted molar refractivity (Wildman–Crippen MR) is 63.8 cm³/mol. The summed E-state index contributed by atoms with van der Waals surface area (Å²) in [5.74, 6) is -0.440. The van der Waals surface area contributed by atoms with Gasteiger partial charge in [0.05, 0.1) is 10.7 Å². The van der Waals surface area contributed by atoms with E-state index in [4.69, 9.17) is 16.3 Å². The Morgan fingerprint density at radius 3 is 2.76 bits per heavy atom. The van der Waals surface area contributed by atoms with E-state index in [-0.39, 0.29) is 11.1 Å². The van der Waals surface area contributed by atoms with Gasteiger partial charge in [0.2, 0.25) is 0 Å². The first-order chi connectivity index (χ1) is 8.15. The van der Waals surface area contributed by atoms with Crippen molar-refractivity contribution in [2.45, 2.75) is 31.8 Å². The molecule has 3 nitrogen and oxygen atoms in total. The van der Waals surface area contributed by atoms with Crippen LogP contribution in [0.2, 0.25) is 5.02 Å². The van der Waals surface area contributed by atoms with Gasteiger partial charge in [-0.15, -0.1) is 0 Å². The van der Waals surface area contributed by atoms with E-state index in [2.05, 4.69) is 5.32 Å². The number of carbonyl (C=O) groups is 1. The summed E-state index contributed by atoms with van der Waals surface area (Å²) in [4.78, 5) is 11.5. The second kappa shape index (κ2) is 5.36. The van der Waals surface area contributed by atoms with E-state index in [0.29, 0.717) is 5.69 Å². The Labute approximate surface area is 104 Å². The Bertz CT molecular complexity index is 419. The van der Waals surface area contributed by atoms with Crippen molar-refractivity contribution in [3.8, 4) is 0 Å². The summed E-state index contributed by atoms with van der Waals surface area (Å²) in [7, 11) is 0. The molecule has 5 heteroatoms. The minimum atomic E-state index is -0.537. The lowest BCUT2D eigenvalue weighted by Gasteiger charge is -2.12. The average molecular weight is 258 g/mol. The average Bonchev–Trinajstić information content (AvgIpc) is 2.75. The number of benzene rings is 1. The van der Waals surface area contributed by atoms with Gasteiger partial charge in [0.1, 0.15) is 11.9 Å². The minimum absolute atomic E-state index is 0.00535. The van der Waals surface area contributed by atoms with Gasteiger partial charge in [-0.3, -0.25) is 5.32 Å². The molecule has 1 amide bonds. The van der Waals surface area contributed by atoms with E-state index in [9.17, 15) is 9.18 Å². The third-order valence-corrected chi connectivity index (χ3v) is 3.06. The number of ether oxygens (including phenoxy) is 1. The zero-order valence-corrected chi connectivity index (χ0v) is 9.97. The van der Waals surface area contributed by atoms with E-state index in [1.165, 1.54) is 12.1 Å². The fraction of sp³-hybridized carbons (Fsp3) is 0.417. The van der Waals surface area contributed by atoms with Gasteiger partial charge in [0, 0.05) is 0 Å². The summed E-state index contributed by atoms with van der Waals surface area (Å²) in [6.07, 6.45) is 3.46. The van der Waals surface area contributed by atoms with Crippen molar-refractivity contribution in [2.24, 2.45) is 0 Å². The normalized spacial score (nSPS) is 15.9. The minimum Gasteiger partial charge on any atom is -0.446 e. The predicted octanol–water partition coefficient (Wildman–Crippen LogP) is 3.97. The standard InChI is InChI=1S/C12H13ClFNO2/c13-10-7-8(14)5-6-11(10)15-12(16)17-9-3-1-2-4-9/h5-7,9H,1-4H2,(H,15,16). The van der Waals surface area contributed by atoms with Crippen LogP contribution in [0.3, 0.4) is 0 Å². The number of rotatable bonds is 2. The second-order valence-electron chi connectivity index (χ2n) is 4.06. The highest BCUT2D eigenvalue weighted by atomic mass is 35.5. The Morgan fingerprint density at radius 2 is 2.12 bits per heavy atom. The molecule has 0 atom stereocenters. The zero-order chi connectivity index (χ0) is 12.3. The fourth-order valence-corrected chi connectivity index (χ4v) is 2.10. The number of anilines is 1. The first-order valence-corrected chi connectivity index (χ1v) is 5.95. The molecule has 0 saturated heterocycles. The van der Waals surface area contributed by atoms with Crippen LogP contribution in [0, 0.1) is 5.82 Å². The highest BCUT2D eigenvalue weighted by Crippen LogP contribution is 2.24. The Hall–Kier alpha value is -1.29. The molecule has 0 aliphatic heterocycles. The Morgan fingerprint density at radius 1 is 1.41 bits per heavy atom. The first kappa shape index (κ1) is 12.2. The number of halogens is 2. The van der Waals surface area contributed by atoms with Gasteiger partial charge in [-0.2, -0.15) is 0 Å². The van der Waals surface area contributed by atoms with Crippen molar-refractivity contribution in [3.63, 3.8) is 0 Å². The molecule has 0 spiro atoms. The van der Waals surface area contributed by atoms with Gasteiger partial charge in [-0.05, 0) is 43.9 Å². The molecular weight excluding hydrogens is 245 g/mol. The van der Waals surface area contributed by atoms with Crippen molar-refractivity contribution < 1.29 is 13.9 Å². The maximum Gasteiger partial charge on any atom is 0.411 e. The summed E-state index contributed by atoms with van der Waals surface area (Å²) in [5, 5.41) is 2.67. The highest BCUT2D eigenvalue weighted by molar-refractivity contribution is 6.33. The van der Waals surface area contributed by atoms with Crippen LogP contribution in [0.1, 0.15) is 25.7 Å². The molecule has 0 heterocycles. The number of hydrogen-bond donors (Lipinski definition) is 1. The monoisotopic (exact) mass is 257 g/mol. The molecular formula is C12H13ClFNO2. The maximum atomic E-state index is 12.8. The molecule has 1 aromatic rings. The van der Waals surface area contributed by atoms with Crippen molar-refractivity contribution in [2.75, 3.05) is 5.32 Å². The third kappa shape index (κ3) is 3.33. The molecule has 0 bridgehead atoms. The van der Waals surface area contributed by atoms with Crippen molar-refractivity contribution in [3.05, 3.63) is 29.0 Å². The van der Waals surface area contributed by atoms with E-state index in [1.54, 1.807) is 0 Å². The van der Waals surface area contributed by atoms with E-state index in [0.717, 1.165) is 31.7 Å². The molecule has 17 heavy (non-hydrogen) atoms. The summed E-state index contributed by atoms with van der Waals surface area (Å²) in [6, 6.07) is 3.79. The van der Waals surface area contributed by atoms with Gasteiger partial charge < -0.3 is 4.74 Å². The number of hydrogen-bond acceptors (Lipinski definition) is 2. The first-order valence-electron chi connectivity index (χ1n) is 5.58. The number of amides is 1. The van der Waals surface area contributed by atoms with Crippen LogP contribution in [-0.2, 0) is 4.74 Å². The van der Waals surface area contributed by atoms with Gasteiger partial charge in [-0.1, -0.05) is 11.6 Å². The van der Waals surface area contributed by atoms with E-state index < -0.39 is 11.9 Å². The van der Waals surface area contributed by atoms with Crippen LogP contribution in [-0.4, -0.2) is 12.2 Å². The highest BCUT2D eigenvalue weighted by Gasteiger charge is 2.19. The van der Waals surface area contributed by atoms with Crippen LogP contribution in [0.4, 0.5) is 14.9 Å². The summed E-state index contributed by atoms with van der Waals surface area (Å²) < 4.78 is 18.0. The molecule has 0 radical (unpaired) electrons. The topological polar surface area (TPSA) is 38.3 Å². The molecule has 1 fully saturated rings. The lowest BCUT2D eigenvalue weighted by Crippen LogP contribution is -2.20. The lowest BCUT2D eigenvalue weighted by molar-refractivity contribution is 0.114. The van der Waals surface area contributed by atoms with Crippen molar-refractivity contribution in [1.29, 1.82) is 0 Å². The van der Waals surface area contributed by atoms with Crippen molar-refractivity contribution >= 4 is 23.4 Å². The maximum absolute atomic E-state index is 12.8. The zero-order valence-electron chi connectivity index (χ0n) is 9.21. The van der Waals surface area contributed by atoms with Crippen LogP contribution >= 0.6 is 11.6 Å². The van der Waals surface area contributed by atoms with Crippen LogP contribution in [0.5, 0.6) is 0 Å². The molecule has 1 aliphatic carbocycles. The van der Waals surface area contributed by atoms with Crippen LogP contribution in [0.25, 0.3) is 0 Å². The summed E-state index contributed by atoms with van der Waals surface area (Å²) in [6.45, 7) is 0. The smallest absolute Gasteiger partial charge is 0.411 e. The van der Waals surface area contributed by atoms with Crippen LogP contribution in [0.15, 0.2) is 18.2 Å². The van der Waals surface area contributed by atoms with Gasteiger partial charge in [-0.25, -0.2) is 9.18 Å². The van der Waals surface area contributed by atoms with Gasteiger partial charge >= 0.3 is 6.09 Å². The SMILES string of the molecule is O=C(Nc1ccc(F)cc1Cl)OC1CCCC1. The van der Waals surface area contributed by atoms with Gasteiger partial charge in [0.25, 0.3) is 0 Å². The van der Waals surface area contributed by atoms with Crippen LogP contribution < -0.4 is 5.32 Å². The van der Waals surface area contributed by atoms with Gasteiger partial charge in [0.15, 0.2) is 0 Å². The summed E-state index contributed by atoms with van der Waals surface area (Å²) in [5.41, 5.74) is 0.357. The molecule has 0 unspecified atom stereocenters. The Balaban J connectivity index is 1.93. The largest absolute Gasteiger partial charge is 0.446 e. The second-order valence-corrected chi connectivity index (χ2v) is 4.47. The molecule has 1 aromatic carbocycles. The van der Waals surface area contributed by atoms with E-state index >= 15 is 0 Å².